The van der Waals surface area contributed by atoms with Crippen LogP contribution in [0.5, 0.6) is 0 Å². The Balaban J connectivity index is 2.58. The quantitative estimate of drug-likeness (QED) is 0.747. The van der Waals surface area contributed by atoms with Crippen molar-refractivity contribution >= 4 is 5.97 Å². The topological polar surface area (TPSA) is 61.2 Å². The van der Waals surface area contributed by atoms with E-state index in [4.69, 9.17) is 0 Å². The highest BCUT2D eigenvalue weighted by atomic mass is 16.5. The maximum absolute atomic E-state index is 12.4. The van der Waals surface area contributed by atoms with Crippen LogP contribution < -0.4 is 5.56 Å². The fraction of sp³-hybridized carbons (Fsp3) is 0.615. The summed E-state index contributed by atoms with van der Waals surface area (Å²) in [4.78, 5) is 28.1. The van der Waals surface area contributed by atoms with E-state index in [2.05, 4.69) is 23.6 Å². The first-order chi connectivity index (χ1) is 8.56. The minimum atomic E-state index is -0.615. The molecule has 98 valence electrons. The Morgan fingerprint density at radius 3 is 2.89 bits per heavy atom. The van der Waals surface area contributed by atoms with Crippen molar-refractivity contribution < 1.29 is 9.53 Å². The minimum Gasteiger partial charge on any atom is -0.465 e. The summed E-state index contributed by atoms with van der Waals surface area (Å²) < 4.78 is 6.29. The molecule has 0 fully saturated rings. The fourth-order valence-electron chi connectivity index (χ4n) is 2.51. The number of ether oxygens (including phenoxy) is 1. The zero-order valence-corrected chi connectivity index (χ0v) is 11.0. The van der Waals surface area contributed by atoms with Gasteiger partial charge in [0.15, 0.2) is 0 Å². The molecule has 1 unspecified atom stereocenters. The molecular formula is C13H18N2O3. The van der Waals surface area contributed by atoms with Gasteiger partial charge >= 0.3 is 5.97 Å². The van der Waals surface area contributed by atoms with Crippen LogP contribution in [-0.4, -0.2) is 22.6 Å². The third-order valence-corrected chi connectivity index (χ3v) is 3.48. The molecule has 0 saturated carbocycles. The van der Waals surface area contributed by atoms with Crippen molar-refractivity contribution in [3.63, 3.8) is 0 Å². The molecule has 2 rings (SSSR count). The molecule has 0 amide bonds. The van der Waals surface area contributed by atoms with E-state index >= 15 is 0 Å². The Hall–Kier alpha value is -1.65. The van der Waals surface area contributed by atoms with Crippen LogP contribution in [0.2, 0.25) is 0 Å². The molecule has 0 saturated heterocycles. The van der Waals surface area contributed by atoms with Gasteiger partial charge in [-0.2, -0.15) is 0 Å². The smallest absolute Gasteiger partial charge is 0.345 e. The lowest BCUT2D eigenvalue weighted by atomic mass is 9.94. The molecule has 1 aromatic heterocycles. The number of aromatic nitrogens is 2. The van der Waals surface area contributed by atoms with Gasteiger partial charge in [0, 0.05) is 18.7 Å². The molecule has 0 radical (unpaired) electrons. The maximum Gasteiger partial charge on any atom is 0.345 e. The molecule has 1 aromatic rings. The minimum absolute atomic E-state index is 0.0220. The summed E-state index contributed by atoms with van der Waals surface area (Å²) in [6.07, 6.45) is 4.12. The van der Waals surface area contributed by atoms with Gasteiger partial charge in [0.2, 0.25) is 0 Å². The number of hydrogen-bond acceptors (Lipinski definition) is 4. The first-order valence-corrected chi connectivity index (χ1v) is 6.25. The third kappa shape index (κ3) is 2.05. The van der Waals surface area contributed by atoms with Crippen LogP contribution in [0.25, 0.3) is 0 Å². The van der Waals surface area contributed by atoms with Gasteiger partial charge in [-0.25, -0.2) is 9.78 Å². The number of carbonyl (C=O) groups excluding carboxylic acids is 1. The SMILES string of the molecule is COC(=O)c1cnc2n(c1=O)C(C(C)C)CCC2. The monoisotopic (exact) mass is 250 g/mol. The molecule has 0 N–H and O–H groups in total. The largest absolute Gasteiger partial charge is 0.465 e. The van der Waals surface area contributed by atoms with Crippen LogP contribution in [0.15, 0.2) is 11.0 Å². The number of rotatable bonds is 2. The summed E-state index contributed by atoms with van der Waals surface area (Å²) in [6.45, 7) is 4.16. The number of fused-ring (bicyclic) bond motifs is 1. The van der Waals surface area contributed by atoms with E-state index in [1.54, 1.807) is 4.57 Å². The maximum atomic E-state index is 12.4. The second kappa shape index (κ2) is 4.92. The summed E-state index contributed by atoms with van der Waals surface area (Å²) in [6, 6.07) is 0.123. The van der Waals surface area contributed by atoms with Crippen molar-refractivity contribution in [2.24, 2.45) is 5.92 Å². The van der Waals surface area contributed by atoms with Gasteiger partial charge in [-0.05, 0) is 18.8 Å². The second-order valence-corrected chi connectivity index (χ2v) is 4.96. The van der Waals surface area contributed by atoms with E-state index in [-0.39, 0.29) is 17.2 Å². The number of nitrogens with zero attached hydrogens (tertiary/aromatic N) is 2. The molecule has 0 aliphatic carbocycles. The molecule has 18 heavy (non-hydrogen) atoms. The van der Waals surface area contributed by atoms with E-state index in [1.807, 2.05) is 0 Å². The van der Waals surface area contributed by atoms with Gasteiger partial charge in [0.05, 0.1) is 7.11 Å². The number of hydrogen-bond donors (Lipinski definition) is 0. The lowest BCUT2D eigenvalue weighted by molar-refractivity contribution is 0.0596. The van der Waals surface area contributed by atoms with Crippen LogP contribution in [-0.2, 0) is 11.2 Å². The highest BCUT2D eigenvalue weighted by Gasteiger charge is 2.27. The van der Waals surface area contributed by atoms with Gasteiger partial charge in [0.1, 0.15) is 11.4 Å². The third-order valence-electron chi connectivity index (χ3n) is 3.48. The summed E-state index contributed by atoms with van der Waals surface area (Å²) in [5.74, 6) is 0.505. The molecule has 0 bridgehead atoms. The Bertz CT molecular complexity index is 519. The van der Waals surface area contributed by atoms with E-state index in [0.29, 0.717) is 5.92 Å². The van der Waals surface area contributed by atoms with Gasteiger partial charge in [0.25, 0.3) is 5.56 Å². The molecule has 5 heteroatoms. The molecule has 1 atom stereocenters. The van der Waals surface area contributed by atoms with Gasteiger partial charge in [-0.1, -0.05) is 13.8 Å². The number of aryl methyl sites for hydroxylation is 1. The Kier molecular flexibility index (Phi) is 3.50. The molecule has 0 aromatic carbocycles. The molecular weight excluding hydrogens is 232 g/mol. The average Bonchev–Trinajstić information content (AvgIpc) is 2.37. The molecule has 0 spiro atoms. The fourth-order valence-corrected chi connectivity index (χ4v) is 2.51. The molecule has 5 nitrogen and oxygen atoms in total. The zero-order valence-electron chi connectivity index (χ0n) is 11.0. The van der Waals surface area contributed by atoms with Crippen molar-refractivity contribution in [2.75, 3.05) is 7.11 Å². The van der Waals surface area contributed by atoms with E-state index in [0.717, 1.165) is 25.1 Å². The standard InChI is InChI=1S/C13H18N2O3/c1-8(2)10-5-4-6-11-14-7-9(13(17)18-3)12(16)15(10)11/h7-8,10H,4-6H2,1-3H3. The van der Waals surface area contributed by atoms with E-state index < -0.39 is 5.97 Å². The predicted molar refractivity (Wildman–Crippen MR) is 66.6 cm³/mol. The van der Waals surface area contributed by atoms with E-state index in [9.17, 15) is 9.59 Å². The highest BCUT2D eigenvalue weighted by molar-refractivity contribution is 5.88. The number of carbonyl (C=O) groups is 1. The average molecular weight is 250 g/mol. The summed E-state index contributed by atoms with van der Waals surface area (Å²) in [5, 5.41) is 0. The van der Waals surface area contributed by atoms with Gasteiger partial charge in [-0.3, -0.25) is 9.36 Å². The normalized spacial score (nSPS) is 18.6. The lowest BCUT2D eigenvalue weighted by Crippen LogP contribution is -2.37. The summed E-state index contributed by atoms with van der Waals surface area (Å²) >= 11 is 0. The molecule has 1 aliphatic rings. The summed E-state index contributed by atoms with van der Waals surface area (Å²) in [5.41, 5.74) is -0.251. The van der Waals surface area contributed by atoms with Crippen molar-refractivity contribution in [1.82, 2.24) is 9.55 Å². The lowest BCUT2D eigenvalue weighted by Gasteiger charge is -2.30. The predicted octanol–water partition coefficient (Wildman–Crippen LogP) is 1.56. The Labute approximate surface area is 106 Å². The van der Waals surface area contributed by atoms with Crippen molar-refractivity contribution in [3.05, 3.63) is 27.9 Å². The number of esters is 1. The molecule has 1 aliphatic heterocycles. The Morgan fingerprint density at radius 1 is 1.56 bits per heavy atom. The molecule has 2 heterocycles. The van der Waals surface area contributed by atoms with Crippen molar-refractivity contribution in [2.45, 2.75) is 39.2 Å². The number of methoxy groups -OCH3 is 1. The van der Waals surface area contributed by atoms with Crippen LogP contribution in [0.1, 0.15) is 48.9 Å². The van der Waals surface area contributed by atoms with Gasteiger partial charge in [-0.15, -0.1) is 0 Å². The van der Waals surface area contributed by atoms with Crippen LogP contribution in [0.4, 0.5) is 0 Å². The first kappa shape index (κ1) is 12.8. The van der Waals surface area contributed by atoms with Crippen LogP contribution in [0, 0.1) is 5.92 Å². The zero-order chi connectivity index (χ0) is 13.3. The van der Waals surface area contributed by atoms with E-state index in [1.165, 1.54) is 13.3 Å². The highest BCUT2D eigenvalue weighted by Crippen LogP contribution is 2.28. The van der Waals surface area contributed by atoms with Crippen LogP contribution in [0.3, 0.4) is 0 Å². The summed E-state index contributed by atoms with van der Waals surface area (Å²) in [7, 11) is 1.27. The van der Waals surface area contributed by atoms with Crippen molar-refractivity contribution in [3.8, 4) is 0 Å². The van der Waals surface area contributed by atoms with Crippen molar-refractivity contribution in [1.29, 1.82) is 0 Å². The first-order valence-electron chi connectivity index (χ1n) is 6.25. The van der Waals surface area contributed by atoms with Gasteiger partial charge < -0.3 is 4.74 Å². The second-order valence-electron chi connectivity index (χ2n) is 4.96. The van der Waals surface area contributed by atoms with Crippen LogP contribution >= 0.6 is 0 Å². The Morgan fingerprint density at radius 2 is 2.28 bits per heavy atom.